The molecule has 3 N–H and O–H groups in total. The smallest absolute Gasteiger partial charge is 0.176 e. The number of nitrogens with two attached hydrogens (primary N) is 1. The van der Waals surface area contributed by atoms with Crippen molar-refractivity contribution >= 4 is 0 Å². The second-order valence-electron chi connectivity index (χ2n) is 3.85. The predicted molar refractivity (Wildman–Crippen MR) is 56.8 cm³/mol. The summed E-state index contributed by atoms with van der Waals surface area (Å²) in [6, 6.07) is 0.191. The average molecular weight is 213 g/mol. The molecule has 1 rings (SSSR count). The van der Waals surface area contributed by atoms with E-state index in [0.29, 0.717) is 6.42 Å². The molecule has 0 aromatic carbocycles. The molecule has 1 aromatic rings. The Morgan fingerprint density at radius 2 is 2.27 bits per heavy atom. The molecular weight excluding hydrogens is 194 g/mol. The molecule has 0 amide bonds. The third-order valence-corrected chi connectivity index (χ3v) is 2.14. The van der Waals surface area contributed by atoms with Crippen LogP contribution in [-0.2, 0) is 13.5 Å². The van der Waals surface area contributed by atoms with Crippen LogP contribution in [0.25, 0.3) is 0 Å². The van der Waals surface area contributed by atoms with Crippen LogP contribution in [0.4, 0.5) is 0 Å². The van der Waals surface area contributed by atoms with Crippen molar-refractivity contribution in [1.82, 2.24) is 30.5 Å². The number of hydrazine groups is 1. The highest BCUT2D eigenvalue weighted by Crippen LogP contribution is 1.99. The fraction of sp³-hybridized carbons (Fsp3) is 0.875. The van der Waals surface area contributed by atoms with Gasteiger partial charge >= 0.3 is 0 Å². The van der Waals surface area contributed by atoms with Gasteiger partial charge < -0.3 is 4.90 Å². The minimum Gasteiger partial charge on any atom is -0.309 e. The Morgan fingerprint density at radius 1 is 1.53 bits per heavy atom. The van der Waals surface area contributed by atoms with Crippen LogP contribution >= 0.6 is 0 Å². The lowest BCUT2D eigenvalue weighted by Gasteiger charge is -2.16. The van der Waals surface area contributed by atoms with Crippen LogP contribution in [0.1, 0.15) is 12.2 Å². The van der Waals surface area contributed by atoms with Crippen molar-refractivity contribution in [3.05, 3.63) is 5.82 Å². The van der Waals surface area contributed by atoms with E-state index in [4.69, 9.17) is 5.84 Å². The highest BCUT2D eigenvalue weighted by Gasteiger charge is 2.11. The quantitative estimate of drug-likeness (QED) is 0.443. The van der Waals surface area contributed by atoms with Crippen molar-refractivity contribution in [3.8, 4) is 0 Å². The zero-order valence-electron chi connectivity index (χ0n) is 9.51. The second-order valence-corrected chi connectivity index (χ2v) is 3.85. The maximum absolute atomic E-state index is 5.46. The fourth-order valence-electron chi connectivity index (χ4n) is 1.28. The summed E-state index contributed by atoms with van der Waals surface area (Å²) in [5.41, 5.74) is 2.77. The minimum absolute atomic E-state index is 0.191. The highest BCUT2D eigenvalue weighted by atomic mass is 15.6. The van der Waals surface area contributed by atoms with Crippen LogP contribution in [0.15, 0.2) is 0 Å². The summed E-state index contributed by atoms with van der Waals surface area (Å²) >= 11 is 0. The molecule has 0 spiro atoms. The lowest BCUT2D eigenvalue weighted by atomic mass is 10.1. The number of hydrogen-bond donors (Lipinski definition) is 2. The topological polar surface area (TPSA) is 84.9 Å². The number of aryl methyl sites for hydroxylation is 1. The van der Waals surface area contributed by atoms with Crippen molar-refractivity contribution in [3.63, 3.8) is 0 Å². The van der Waals surface area contributed by atoms with E-state index in [1.54, 1.807) is 7.05 Å². The van der Waals surface area contributed by atoms with Gasteiger partial charge in [0.25, 0.3) is 0 Å². The van der Waals surface area contributed by atoms with Gasteiger partial charge in [-0.25, -0.2) is 0 Å². The number of nitrogens with zero attached hydrogens (tertiary/aromatic N) is 5. The van der Waals surface area contributed by atoms with Gasteiger partial charge in [0.1, 0.15) is 0 Å². The van der Waals surface area contributed by atoms with Crippen LogP contribution in [0, 0.1) is 0 Å². The Morgan fingerprint density at radius 3 is 2.73 bits per heavy atom. The molecule has 0 bridgehead atoms. The molecular formula is C8H19N7. The lowest BCUT2D eigenvalue weighted by Crippen LogP contribution is -2.39. The number of nitrogens with one attached hydrogen (secondary N) is 1. The van der Waals surface area contributed by atoms with Crippen molar-refractivity contribution < 1.29 is 0 Å². The Labute approximate surface area is 89.6 Å². The number of aromatic nitrogens is 4. The monoisotopic (exact) mass is 213 g/mol. The zero-order valence-corrected chi connectivity index (χ0v) is 9.51. The third-order valence-electron chi connectivity index (χ3n) is 2.14. The SMILES string of the molecule is CN(C)CCC(Cc1nnn(C)n1)NN. The van der Waals surface area contributed by atoms with Gasteiger partial charge in [0, 0.05) is 12.5 Å². The maximum Gasteiger partial charge on any atom is 0.176 e. The Balaban J connectivity index is 2.39. The van der Waals surface area contributed by atoms with Gasteiger partial charge in [-0.15, -0.1) is 10.2 Å². The second kappa shape index (κ2) is 5.74. The fourth-order valence-corrected chi connectivity index (χ4v) is 1.28. The molecule has 1 heterocycles. The minimum atomic E-state index is 0.191. The van der Waals surface area contributed by atoms with Gasteiger partial charge in [0.05, 0.1) is 7.05 Å². The van der Waals surface area contributed by atoms with Gasteiger partial charge in [0.2, 0.25) is 0 Å². The molecule has 0 saturated heterocycles. The first-order valence-corrected chi connectivity index (χ1v) is 4.95. The summed E-state index contributed by atoms with van der Waals surface area (Å²) in [4.78, 5) is 3.57. The van der Waals surface area contributed by atoms with Crippen molar-refractivity contribution in [2.45, 2.75) is 18.9 Å². The van der Waals surface area contributed by atoms with E-state index in [1.807, 2.05) is 14.1 Å². The molecule has 7 heteroatoms. The van der Waals surface area contributed by atoms with Crippen molar-refractivity contribution in [2.24, 2.45) is 12.9 Å². The van der Waals surface area contributed by atoms with Gasteiger partial charge in [-0.2, -0.15) is 4.80 Å². The first kappa shape index (κ1) is 12.0. The van der Waals surface area contributed by atoms with Crippen LogP contribution in [0.5, 0.6) is 0 Å². The Hall–Kier alpha value is -1.05. The van der Waals surface area contributed by atoms with Crippen molar-refractivity contribution in [1.29, 1.82) is 0 Å². The molecule has 1 atom stereocenters. The lowest BCUT2D eigenvalue weighted by molar-refractivity contribution is 0.356. The summed E-state index contributed by atoms with van der Waals surface area (Å²) < 4.78 is 0. The van der Waals surface area contributed by atoms with Crippen molar-refractivity contribution in [2.75, 3.05) is 20.6 Å². The largest absolute Gasteiger partial charge is 0.309 e. The molecule has 1 unspecified atom stereocenters. The number of tetrazole rings is 1. The molecule has 0 saturated carbocycles. The molecule has 86 valence electrons. The van der Waals surface area contributed by atoms with Gasteiger partial charge in [-0.05, 0) is 32.3 Å². The van der Waals surface area contributed by atoms with Gasteiger partial charge in [-0.3, -0.25) is 11.3 Å². The third kappa shape index (κ3) is 4.32. The van der Waals surface area contributed by atoms with Gasteiger partial charge in [-0.1, -0.05) is 0 Å². The molecule has 7 nitrogen and oxygen atoms in total. The van der Waals surface area contributed by atoms with Gasteiger partial charge in [0.15, 0.2) is 5.82 Å². The summed E-state index contributed by atoms with van der Waals surface area (Å²) in [6.07, 6.45) is 1.67. The highest BCUT2D eigenvalue weighted by molar-refractivity contribution is 4.83. The number of hydrogen-bond acceptors (Lipinski definition) is 6. The van der Waals surface area contributed by atoms with E-state index in [2.05, 4.69) is 25.7 Å². The van der Waals surface area contributed by atoms with Crippen LogP contribution in [-0.4, -0.2) is 51.8 Å². The molecule has 0 fully saturated rings. The first-order valence-electron chi connectivity index (χ1n) is 4.95. The number of rotatable bonds is 6. The molecule has 15 heavy (non-hydrogen) atoms. The molecule has 0 aliphatic carbocycles. The van der Waals surface area contributed by atoms with E-state index in [1.165, 1.54) is 4.80 Å². The average Bonchev–Trinajstić information content (AvgIpc) is 2.58. The summed E-state index contributed by atoms with van der Waals surface area (Å²) in [7, 11) is 5.82. The van der Waals surface area contributed by atoms with E-state index in [-0.39, 0.29) is 6.04 Å². The normalized spacial score (nSPS) is 13.4. The molecule has 0 radical (unpaired) electrons. The Bertz CT molecular complexity index is 282. The van der Waals surface area contributed by atoms with E-state index < -0.39 is 0 Å². The van der Waals surface area contributed by atoms with E-state index in [9.17, 15) is 0 Å². The molecule has 0 aliphatic heterocycles. The molecule has 1 aromatic heterocycles. The van der Waals surface area contributed by atoms with Crippen LogP contribution in [0.2, 0.25) is 0 Å². The summed E-state index contributed by atoms with van der Waals surface area (Å²) in [5, 5.41) is 11.8. The van der Waals surface area contributed by atoms with E-state index >= 15 is 0 Å². The molecule has 0 aliphatic rings. The Kier molecular flexibility index (Phi) is 4.60. The maximum atomic E-state index is 5.46. The first-order chi connectivity index (χ1) is 7.11. The summed E-state index contributed by atoms with van der Waals surface area (Å²) in [5.74, 6) is 6.18. The van der Waals surface area contributed by atoms with Crippen LogP contribution < -0.4 is 11.3 Å². The summed E-state index contributed by atoms with van der Waals surface area (Å²) in [6.45, 7) is 0.981. The standard InChI is InChI=1S/C8H19N7/c1-14(2)5-4-7(10-9)6-8-11-13-15(3)12-8/h7,10H,4-6,9H2,1-3H3. The zero-order chi connectivity index (χ0) is 11.3. The predicted octanol–water partition coefficient (Wildman–Crippen LogP) is -1.46. The van der Waals surface area contributed by atoms with E-state index in [0.717, 1.165) is 18.8 Å². The van der Waals surface area contributed by atoms with Crippen LogP contribution in [0.3, 0.4) is 0 Å².